The van der Waals surface area contributed by atoms with E-state index in [4.69, 9.17) is 5.73 Å². The molecule has 0 saturated heterocycles. The molecule has 0 heterocycles. The first-order valence-electron chi connectivity index (χ1n) is 2.52. The number of thiocarbonyl (C=S) groups is 1. The average Bonchev–Trinajstić information content (AvgIpc) is 1.65. The van der Waals surface area contributed by atoms with Crippen molar-refractivity contribution >= 4 is 23.6 Å². The van der Waals surface area contributed by atoms with Gasteiger partial charge in [0.25, 0.3) is 0 Å². The Kier molecular flexibility index (Phi) is 2.58. The van der Waals surface area contributed by atoms with Crippen molar-refractivity contribution in [3.63, 3.8) is 0 Å². The molecule has 0 aromatic heterocycles. The van der Waals surface area contributed by atoms with Crippen LogP contribution in [0.1, 0.15) is 13.8 Å². The standard InChI is InChI=1S/C5H10N2OS/c1-5(2,4(6)9)7-3-8/h3H,1-2H3,(H2,6,9)(H,7,8). The van der Waals surface area contributed by atoms with Crippen molar-refractivity contribution in [2.24, 2.45) is 5.73 Å². The van der Waals surface area contributed by atoms with E-state index in [0.29, 0.717) is 6.41 Å². The minimum Gasteiger partial charge on any atom is -0.391 e. The number of amides is 1. The van der Waals surface area contributed by atoms with E-state index in [2.05, 4.69) is 17.5 Å². The molecule has 0 radical (unpaired) electrons. The Morgan fingerprint density at radius 2 is 2.22 bits per heavy atom. The molecule has 0 aromatic rings. The first-order chi connectivity index (χ1) is 4.00. The van der Waals surface area contributed by atoms with Gasteiger partial charge in [0.2, 0.25) is 6.41 Å². The van der Waals surface area contributed by atoms with Gasteiger partial charge in [0.1, 0.15) is 0 Å². The molecule has 3 N–H and O–H groups in total. The van der Waals surface area contributed by atoms with Crippen molar-refractivity contribution < 1.29 is 4.79 Å². The molecule has 3 nitrogen and oxygen atoms in total. The van der Waals surface area contributed by atoms with Crippen LogP contribution >= 0.6 is 12.2 Å². The summed E-state index contributed by atoms with van der Waals surface area (Å²) in [4.78, 5) is 10.2. The number of hydrogen-bond donors (Lipinski definition) is 2. The summed E-state index contributed by atoms with van der Waals surface area (Å²) in [5, 5.41) is 2.47. The molecular weight excluding hydrogens is 136 g/mol. The van der Waals surface area contributed by atoms with Gasteiger partial charge in [-0.25, -0.2) is 0 Å². The van der Waals surface area contributed by atoms with Crippen molar-refractivity contribution in [1.82, 2.24) is 5.32 Å². The van der Waals surface area contributed by atoms with Gasteiger partial charge in [-0.15, -0.1) is 0 Å². The summed E-state index contributed by atoms with van der Waals surface area (Å²) in [5.41, 5.74) is 4.71. The molecule has 0 aromatic carbocycles. The first-order valence-corrected chi connectivity index (χ1v) is 2.93. The van der Waals surface area contributed by atoms with Crippen LogP contribution in [0.2, 0.25) is 0 Å². The smallest absolute Gasteiger partial charge is 0.207 e. The molecule has 0 atom stereocenters. The van der Waals surface area contributed by atoms with Gasteiger partial charge in [-0.3, -0.25) is 4.79 Å². The lowest BCUT2D eigenvalue weighted by Gasteiger charge is -2.21. The van der Waals surface area contributed by atoms with E-state index in [0.717, 1.165) is 0 Å². The summed E-state index contributed by atoms with van der Waals surface area (Å²) in [6.07, 6.45) is 0.582. The zero-order valence-electron chi connectivity index (χ0n) is 5.47. The van der Waals surface area contributed by atoms with E-state index < -0.39 is 5.54 Å². The largest absolute Gasteiger partial charge is 0.391 e. The monoisotopic (exact) mass is 146 g/mol. The highest BCUT2D eigenvalue weighted by Gasteiger charge is 2.18. The lowest BCUT2D eigenvalue weighted by molar-refractivity contribution is -0.110. The average molecular weight is 146 g/mol. The van der Waals surface area contributed by atoms with Crippen molar-refractivity contribution in [2.45, 2.75) is 19.4 Å². The number of rotatable bonds is 3. The van der Waals surface area contributed by atoms with E-state index in [1.54, 1.807) is 13.8 Å². The topological polar surface area (TPSA) is 55.1 Å². The van der Waals surface area contributed by atoms with E-state index in [9.17, 15) is 4.79 Å². The quantitative estimate of drug-likeness (QED) is 0.428. The molecule has 0 aliphatic heterocycles. The molecule has 0 saturated carbocycles. The van der Waals surface area contributed by atoms with Gasteiger partial charge in [0.05, 0.1) is 10.5 Å². The molecule has 52 valence electrons. The Hall–Kier alpha value is -0.640. The van der Waals surface area contributed by atoms with Gasteiger partial charge < -0.3 is 11.1 Å². The van der Waals surface area contributed by atoms with Crippen LogP contribution in [0.25, 0.3) is 0 Å². The summed E-state index contributed by atoms with van der Waals surface area (Å²) >= 11 is 4.65. The predicted octanol–water partition coefficient (Wildman–Crippen LogP) is -0.203. The normalized spacial score (nSPS) is 10.4. The molecule has 1 amide bonds. The molecule has 0 unspecified atom stereocenters. The second-order valence-corrected chi connectivity index (χ2v) is 2.69. The van der Waals surface area contributed by atoms with Gasteiger partial charge in [-0.2, -0.15) is 0 Å². The van der Waals surface area contributed by atoms with Crippen molar-refractivity contribution in [2.75, 3.05) is 0 Å². The highest BCUT2D eigenvalue weighted by atomic mass is 32.1. The van der Waals surface area contributed by atoms with Crippen LogP contribution in [-0.2, 0) is 4.79 Å². The minimum atomic E-state index is -0.558. The summed E-state index contributed by atoms with van der Waals surface area (Å²) in [7, 11) is 0. The van der Waals surface area contributed by atoms with E-state index in [-0.39, 0.29) is 4.99 Å². The van der Waals surface area contributed by atoms with Crippen LogP contribution in [0, 0.1) is 0 Å². The Morgan fingerprint density at radius 3 is 2.33 bits per heavy atom. The Bertz CT molecular complexity index is 133. The van der Waals surface area contributed by atoms with Gasteiger partial charge >= 0.3 is 0 Å². The summed E-state index contributed by atoms with van der Waals surface area (Å²) < 4.78 is 0. The number of carbonyl (C=O) groups excluding carboxylic acids is 1. The van der Waals surface area contributed by atoms with E-state index >= 15 is 0 Å². The summed E-state index contributed by atoms with van der Waals surface area (Å²) in [5.74, 6) is 0. The minimum absolute atomic E-state index is 0.287. The third kappa shape index (κ3) is 2.41. The lowest BCUT2D eigenvalue weighted by atomic mass is 10.1. The third-order valence-corrected chi connectivity index (χ3v) is 1.55. The fraction of sp³-hybridized carbons (Fsp3) is 0.600. The number of hydrogen-bond acceptors (Lipinski definition) is 2. The second kappa shape index (κ2) is 2.77. The summed E-state index contributed by atoms with van der Waals surface area (Å²) in [6, 6.07) is 0. The molecule has 0 fully saturated rings. The molecule has 4 heteroatoms. The predicted molar refractivity (Wildman–Crippen MR) is 40.1 cm³/mol. The summed E-state index contributed by atoms with van der Waals surface area (Å²) in [6.45, 7) is 3.48. The van der Waals surface area contributed by atoms with Crippen molar-refractivity contribution in [3.8, 4) is 0 Å². The fourth-order valence-corrected chi connectivity index (χ4v) is 0.277. The molecule has 0 bridgehead atoms. The second-order valence-electron chi connectivity index (χ2n) is 2.25. The van der Waals surface area contributed by atoms with Crippen LogP contribution in [0.15, 0.2) is 0 Å². The highest BCUT2D eigenvalue weighted by Crippen LogP contribution is 1.99. The Balaban J connectivity index is 4.00. The molecule has 0 rings (SSSR count). The van der Waals surface area contributed by atoms with Crippen LogP contribution in [0.5, 0.6) is 0 Å². The maximum atomic E-state index is 9.90. The Morgan fingerprint density at radius 1 is 1.78 bits per heavy atom. The van der Waals surface area contributed by atoms with Gasteiger partial charge in [-0.1, -0.05) is 12.2 Å². The number of carbonyl (C=O) groups is 1. The van der Waals surface area contributed by atoms with Crippen LogP contribution in [-0.4, -0.2) is 16.9 Å². The first kappa shape index (κ1) is 8.36. The van der Waals surface area contributed by atoms with E-state index in [1.165, 1.54) is 0 Å². The van der Waals surface area contributed by atoms with Crippen LogP contribution in [0.3, 0.4) is 0 Å². The fourth-order valence-electron chi connectivity index (χ4n) is 0.218. The molecule has 9 heavy (non-hydrogen) atoms. The zero-order chi connectivity index (χ0) is 7.49. The van der Waals surface area contributed by atoms with Crippen molar-refractivity contribution in [1.29, 1.82) is 0 Å². The number of nitrogens with two attached hydrogens (primary N) is 1. The molecular formula is C5H10N2OS. The van der Waals surface area contributed by atoms with Crippen LogP contribution in [0.4, 0.5) is 0 Å². The maximum absolute atomic E-state index is 9.90. The van der Waals surface area contributed by atoms with Gasteiger partial charge in [0.15, 0.2) is 0 Å². The maximum Gasteiger partial charge on any atom is 0.207 e. The van der Waals surface area contributed by atoms with Gasteiger partial charge in [-0.05, 0) is 13.8 Å². The van der Waals surface area contributed by atoms with Crippen LogP contribution < -0.4 is 11.1 Å². The third-order valence-electron chi connectivity index (χ3n) is 1.04. The highest BCUT2D eigenvalue weighted by molar-refractivity contribution is 7.80. The van der Waals surface area contributed by atoms with Gasteiger partial charge in [0, 0.05) is 0 Å². The Labute approximate surface area is 59.6 Å². The van der Waals surface area contributed by atoms with E-state index in [1.807, 2.05) is 0 Å². The number of nitrogens with one attached hydrogen (secondary N) is 1. The molecule has 0 aliphatic rings. The van der Waals surface area contributed by atoms with Crippen molar-refractivity contribution in [3.05, 3.63) is 0 Å². The molecule has 0 aliphatic carbocycles. The molecule has 0 spiro atoms. The zero-order valence-corrected chi connectivity index (χ0v) is 6.29. The SMILES string of the molecule is CC(C)(NC=O)C(N)=S. The lowest BCUT2D eigenvalue weighted by Crippen LogP contribution is -2.48.